The van der Waals surface area contributed by atoms with Crippen molar-refractivity contribution >= 4 is 58.0 Å². The second-order valence-electron chi connectivity index (χ2n) is 5.10. The molecule has 0 spiro atoms. The highest BCUT2D eigenvalue weighted by Crippen LogP contribution is 2.34. The van der Waals surface area contributed by atoms with Gasteiger partial charge in [0.1, 0.15) is 10.4 Å². The number of thioether (sulfide) groups is 2. The Morgan fingerprint density at radius 3 is 2.65 bits per heavy atom. The van der Waals surface area contributed by atoms with Gasteiger partial charge in [-0.05, 0) is 37.0 Å². The lowest BCUT2D eigenvalue weighted by Gasteiger charge is -2.22. The third-order valence-electron chi connectivity index (χ3n) is 3.39. The van der Waals surface area contributed by atoms with Crippen LogP contribution in [0.1, 0.15) is 17.5 Å². The Balaban J connectivity index is 2.24. The molecule has 1 amide bonds. The van der Waals surface area contributed by atoms with Gasteiger partial charge in [0.25, 0.3) is 5.91 Å². The van der Waals surface area contributed by atoms with Crippen LogP contribution in [0, 0.1) is 6.92 Å². The van der Waals surface area contributed by atoms with Crippen LogP contribution in [-0.4, -0.2) is 44.3 Å². The minimum absolute atomic E-state index is 0.307. The molecule has 2 rings (SSSR count). The van der Waals surface area contributed by atoms with Crippen molar-refractivity contribution in [1.29, 1.82) is 0 Å². The van der Waals surface area contributed by atoms with Crippen LogP contribution >= 0.6 is 35.7 Å². The molecule has 0 saturated carbocycles. The van der Waals surface area contributed by atoms with E-state index in [-0.39, 0.29) is 5.91 Å². The molecule has 1 saturated heterocycles. The van der Waals surface area contributed by atoms with Gasteiger partial charge in [-0.2, -0.15) is 11.8 Å². The summed E-state index contributed by atoms with van der Waals surface area (Å²) in [6.45, 7) is 1.99. The van der Waals surface area contributed by atoms with Gasteiger partial charge in [0.15, 0.2) is 0 Å². The number of aryl methyl sites for hydroxylation is 1. The molecule has 7 heteroatoms. The fourth-order valence-corrected chi connectivity index (χ4v) is 3.97. The van der Waals surface area contributed by atoms with E-state index in [1.54, 1.807) is 17.8 Å². The average molecular weight is 368 g/mol. The Hall–Kier alpha value is -1.31. The summed E-state index contributed by atoms with van der Waals surface area (Å²) in [4.78, 5) is 25.8. The highest BCUT2D eigenvalue weighted by molar-refractivity contribution is 8.26. The van der Waals surface area contributed by atoms with E-state index in [0.717, 1.165) is 22.9 Å². The van der Waals surface area contributed by atoms with Crippen LogP contribution in [-0.2, 0) is 9.59 Å². The topological polar surface area (TPSA) is 57.6 Å². The molecule has 0 bridgehead atoms. The number of nitrogens with zero attached hydrogens (tertiary/aromatic N) is 1. The van der Waals surface area contributed by atoms with Gasteiger partial charge in [-0.25, -0.2) is 4.79 Å². The van der Waals surface area contributed by atoms with Crippen LogP contribution in [0.4, 0.5) is 0 Å². The number of amides is 1. The molecule has 1 aromatic carbocycles. The van der Waals surface area contributed by atoms with Crippen LogP contribution in [0.15, 0.2) is 29.2 Å². The van der Waals surface area contributed by atoms with E-state index >= 15 is 0 Å². The number of benzene rings is 1. The normalized spacial score (nSPS) is 17.8. The summed E-state index contributed by atoms with van der Waals surface area (Å²) in [5.41, 5.74) is 2.03. The predicted molar refractivity (Wildman–Crippen MR) is 101 cm³/mol. The maximum absolute atomic E-state index is 12.6. The molecule has 1 aromatic rings. The Morgan fingerprint density at radius 2 is 2.09 bits per heavy atom. The molecule has 1 fully saturated rings. The Labute approximate surface area is 149 Å². The van der Waals surface area contributed by atoms with Crippen molar-refractivity contribution in [2.45, 2.75) is 19.4 Å². The summed E-state index contributed by atoms with van der Waals surface area (Å²) in [6.07, 6.45) is 4.04. The van der Waals surface area contributed by atoms with E-state index < -0.39 is 12.0 Å². The number of carbonyl (C=O) groups excluding carboxylic acids is 1. The van der Waals surface area contributed by atoms with Crippen LogP contribution < -0.4 is 0 Å². The van der Waals surface area contributed by atoms with Crippen molar-refractivity contribution in [3.8, 4) is 0 Å². The molecular formula is C16H17NO3S3. The first-order valence-electron chi connectivity index (χ1n) is 6.99. The molecule has 1 aliphatic rings. The molecule has 1 heterocycles. The predicted octanol–water partition coefficient (Wildman–Crippen LogP) is 3.40. The van der Waals surface area contributed by atoms with Crippen LogP contribution in [0.3, 0.4) is 0 Å². The molecule has 1 N–H and O–H groups in total. The first kappa shape index (κ1) is 18.0. The Bertz CT molecular complexity index is 655. The van der Waals surface area contributed by atoms with Gasteiger partial charge in [-0.1, -0.05) is 53.8 Å². The summed E-state index contributed by atoms with van der Waals surface area (Å²) < 4.78 is 0.307. The zero-order chi connectivity index (χ0) is 17.0. The van der Waals surface area contributed by atoms with Gasteiger partial charge < -0.3 is 5.11 Å². The number of carbonyl (C=O) groups is 2. The summed E-state index contributed by atoms with van der Waals surface area (Å²) in [6, 6.07) is 6.86. The molecule has 0 aromatic heterocycles. The Morgan fingerprint density at radius 1 is 1.43 bits per heavy atom. The third-order valence-corrected chi connectivity index (χ3v) is 5.37. The van der Waals surface area contributed by atoms with Crippen LogP contribution in [0.25, 0.3) is 6.08 Å². The molecular weight excluding hydrogens is 350 g/mol. The largest absolute Gasteiger partial charge is 0.480 e. The lowest BCUT2D eigenvalue weighted by Crippen LogP contribution is -2.44. The molecule has 4 nitrogen and oxygen atoms in total. The highest BCUT2D eigenvalue weighted by atomic mass is 32.2. The number of carboxylic acid groups (broad SMARTS) is 1. The molecule has 0 unspecified atom stereocenters. The number of hydrogen-bond acceptors (Lipinski definition) is 5. The first-order chi connectivity index (χ1) is 10.9. The van der Waals surface area contributed by atoms with Crippen LogP contribution in [0.2, 0.25) is 0 Å². The van der Waals surface area contributed by atoms with Crippen molar-refractivity contribution < 1.29 is 14.7 Å². The maximum atomic E-state index is 12.6. The van der Waals surface area contributed by atoms with E-state index in [4.69, 9.17) is 12.2 Å². The monoisotopic (exact) mass is 367 g/mol. The van der Waals surface area contributed by atoms with E-state index in [0.29, 0.717) is 21.4 Å². The lowest BCUT2D eigenvalue weighted by molar-refractivity contribution is -0.145. The molecule has 1 atom stereocenters. The van der Waals surface area contributed by atoms with Gasteiger partial charge in [-0.15, -0.1) is 0 Å². The van der Waals surface area contributed by atoms with E-state index in [9.17, 15) is 14.7 Å². The standard InChI is InChI=1S/C16H17NO3S3/c1-10-3-5-11(6-4-10)9-13-14(18)17(16(21)23-13)12(15(19)20)7-8-22-2/h3-6,9,12H,7-8H2,1-2H3,(H,19,20)/b13-9+/t12-/m1/s1. The quantitative estimate of drug-likeness (QED) is 0.614. The SMILES string of the molecule is CSCC[C@H](C(=O)O)N1C(=O)/C(=C\c2ccc(C)cc2)SC1=S. The fourth-order valence-electron chi connectivity index (χ4n) is 2.16. The molecule has 122 valence electrons. The minimum Gasteiger partial charge on any atom is -0.480 e. The summed E-state index contributed by atoms with van der Waals surface area (Å²) in [5, 5.41) is 9.41. The van der Waals surface area contributed by atoms with E-state index in [1.807, 2.05) is 37.4 Å². The zero-order valence-electron chi connectivity index (χ0n) is 12.8. The van der Waals surface area contributed by atoms with Gasteiger partial charge in [-0.3, -0.25) is 9.69 Å². The number of thiocarbonyl (C=S) groups is 1. The van der Waals surface area contributed by atoms with Crippen molar-refractivity contribution in [2.24, 2.45) is 0 Å². The molecule has 0 radical (unpaired) electrons. The lowest BCUT2D eigenvalue weighted by atomic mass is 10.1. The smallest absolute Gasteiger partial charge is 0.326 e. The molecule has 0 aliphatic carbocycles. The third kappa shape index (κ3) is 4.37. The average Bonchev–Trinajstić information content (AvgIpc) is 2.77. The van der Waals surface area contributed by atoms with Crippen LogP contribution in [0.5, 0.6) is 0 Å². The fraction of sp³-hybridized carbons (Fsp3) is 0.312. The van der Waals surface area contributed by atoms with Gasteiger partial charge in [0.05, 0.1) is 4.91 Å². The number of rotatable bonds is 6. The van der Waals surface area contributed by atoms with Crippen molar-refractivity contribution in [1.82, 2.24) is 4.90 Å². The minimum atomic E-state index is -1.02. The maximum Gasteiger partial charge on any atom is 0.326 e. The van der Waals surface area contributed by atoms with Gasteiger partial charge >= 0.3 is 5.97 Å². The first-order valence-corrected chi connectivity index (χ1v) is 9.61. The number of aliphatic carboxylic acids is 1. The number of carboxylic acids is 1. The second-order valence-corrected chi connectivity index (χ2v) is 7.76. The summed E-state index contributed by atoms with van der Waals surface area (Å²) in [5.74, 6) is -0.689. The summed E-state index contributed by atoms with van der Waals surface area (Å²) in [7, 11) is 0. The van der Waals surface area contributed by atoms with Crippen molar-refractivity contribution in [3.63, 3.8) is 0 Å². The number of hydrogen-bond donors (Lipinski definition) is 1. The van der Waals surface area contributed by atoms with E-state index in [2.05, 4.69) is 0 Å². The van der Waals surface area contributed by atoms with Gasteiger partial charge in [0.2, 0.25) is 0 Å². The Kier molecular flexibility index (Phi) is 6.26. The second kappa shape index (κ2) is 7.99. The summed E-state index contributed by atoms with van der Waals surface area (Å²) >= 11 is 7.94. The molecule has 23 heavy (non-hydrogen) atoms. The van der Waals surface area contributed by atoms with Crippen molar-refractivity contribution in [3.05, 3.63) is 40.3 Å². The van der Waals surface area contributed by atoms with Crippen molar-refractivity contribution in [2.75, 3.05) is 12.0 Å². The highest BCUT2D eigenvalue weighted by Gasteiger charge is 2.40. The van der Waals surface area contributed by atoms with E-state index in [1.165, 1.54) is 4.90 Å². The van der Waals surface area contributed by atoms with Gasteiger partial charge in [0, 0.05) is 0 Å². The molecule has 1 aliphatic heterocycles. The zero-order valence-corrected chi connectivity index (χ0v) is 15.3.